The van der Waals surface area contributed by atoms with Gasteiger partial charge in [0, 0.05) is 24.3 Å². The number of benzene rings is 2. The van der Waals surface area contributed by atoms with Crippen LogP contribution in [0.15, 0.2) is 48.5 Å². The largest absolute Gasteiger partial charge is 0.326 e. The summed E-state index contributed by atoms with van der Waals surface area (Å²) in [5, 5.41) is 2.99. The summed E-state index contributed by atoms with van der Waals surface area (Å²) in [6.45, 7) is 0.444. The molecular weight excluding hydrogens is 300 g/mol. The first-order chi connectivity index (χ1) is 11.7. The van der Waals surface area contributed by atoms with Gasteiger partial charge in [-0.15, -0.1) is 0 Å². The van der Waals surface area contributed by atoms with E-state index in [0.29, 0.717) is 6.54 Å². The van der Waals surface area contributed by atoms with Crippen LogP contribution in [-0.2, 0) is 22.4 Å². The van der Waals surface area contributed by atoms with E-state index in [1.54, 1.807) is 4.90 Å². The Hall–Kier alpha value is -2.62. The van der Waals surface area contributed by atoms with Crippen molar-refractivity contribution >= 4 is 23.2 Å². The average molecular weight is 320 g/mol. The second-order valence-electron chi connectivity index (χ2n) is 6.57. The van der Waals surface area contributed by atoms with E-state index in [2.05, 4.69) is 17.4 Å². The zero-order chi connectivity index (χ0) is 16.5. The molecule has 1 fully saturated rings. The minimum atomic E-state index is -0.300. The summed E-state index contributed by atoms with van der Waals surface area (Å²) in [4.78, 5) is 26.5. The standard InChI is InChI=1S/C20H20N2O2/c23-19-12-16(13-22(19)18-7-2-1-3-8-18)20(24)21-17-10-9-14-5-4-6-15(14)11-17/h1-3,7-11,16H,4-6,12-13H2,(H,21,24)/t16-/m0/s1. The van der Waals surface area contributed by atoms with Crippen molar-refractivity contribution in [2.75, 3.05) is 16.8 Å². The highest BCUT2D eigenvalue weighted by Gasteiger charge is 2.35. The maximum Gasteiger partial charge on any atom is 0.229 e. The van der Waals surface area contributed by atoms with Crippen LogP contribution in [0.1, 0.15) is 24.0 Å². The van der Waals surface area contributed by atoms with Crippen molar-refractivity contribution in [2.24, 2.45) is 5.92 Å². The van der Waals surface area contributed by atoms with Crippen LogP contribution >= 0.6 is 0 Å². The Bertz CT molecular complexity index is 785. The molecule has 1 N–H and O–H groups in total. The molecule has 4 nitrogen and oxygen atoms in total. The van der Waals surface area contributed by atoms with E-state index in [0.717, 1.165) is 24.2 Å². The third-order valence-electron chi connectivity index (χ3n) is 4.93. The van der Waals surface area contributed by atoms with Crippen LogP contribution in [0.25, 0.3) is 0 Å². The molecule has 2 aliphatic rings. The molecule has 0 saturated carbocycles. The SMILES string of the molecule is O=C(Nc1ccc2c(c1)CCC2)[C@H]1CC(=O)N(c2ccccc2)C1. The number of carbonyl (C=O) groups excluding carboxylic acids is 2. The van der Waals surface area contributed by atoms with E-state index in [1.807, 2.05) is 36.4 Å². The first-order valence-corrected chi connectivity index (χ1v) is 8.49. The van der Waals surface area contributed by atoms with Gasteiger partial charge in [0.25, 0.3) is 0 Å². The number of nitrogens with zero attached hydrogens (tertiary/aromatic N) is 1. The highest BCUT2D eigenvalue weighted by atomic mass is 16.2. The van der Waals surface area contributed by atoms with Crippen LogP contribution in [0.3, 0.4) is 0 Å². The number of anilines is 2. The molecule has 1 aliphatic carbocycles. The van der Waals surface area contributed by atoms with Crippen LogP contribution in [-0.4, -0.2) is 18.4 Å². The Labute approximate surface area is 141 Å². The maximum absolute atomic E-state index is 12.5. The highest BCUT2D eigenvalue weighted by Crippen LogP contribution is 2.28. The minimum Gasteiger partial charge on any atom is -0.326 e. The van der Waals surface area contributed by atoms with Crippen molar-refractivity contribution in [3.63, 3.8) is 0 Å². The van der Waals surface area contributed by atoms with Gasteiger partial charge in [-0.2, -0.15) is 0 Å². The van der Waals surface area contributed by atoms with E-state index < -0.39 is 0 Å². The number of hydrogen-bond acceptors (Lipinski definition) is 2. The summed E-state index contributed by atoms with van der Waals surface area (Å²) in [7, 11) is 0. The Morgan fingerprint density at radius 2 is 1.83 bits per heavy atom. The number of hydrogen-bond donors (Lipinski definition) is 1. The molecule has 0 unspecified atom stereocenters. The molecule has 4 heteroatoms. The molecule has 122 valence electrons. The quantitative estimate of drug-likeness (QED) is 0.944. The number of fused-ring (bicyclic) bond motifs is 1. The summed E-state index contributed by atoms with van der Waals surface area (Å²) in [6, 6.07) is 15.7. The molecule has 24 heavy (non-hydrogen) atoms. The highest BCUT2D eigenvalue weighted by molar-refractivity contribution is 6.03. The van der Waals surface area contributed by atoms with Crippen LogP contribution in [0.5, 0.6) is 0 Å². The zero-order valence-electron chi connectivity index (χ0n) is 13.5. The van der Waals surface area contributed by atoms with Gasteiger partial charge in [-0.05, 0) is 54.7 Å². The zero-order valence-corrected chi connectivity index (χ0v) is 13.5. The van der Waals surface area contributed by atoms with Crippen molar-refractivity contribution in [3.05, 3.63) is 59.7 Å². The molecule has 1 aliphatic heterocycles. The summed E-state index contributed by atoms with van der Waals surface area (Å²) in [5.41, 5.74) is 4.42. The fraction of sp³-hybridized carbons (Fsp3) is 0.300. The van der Waals surface area contributed by atoms with E-state index in [9.17, 15) is 9.59 Å². The molecular formula is C20H20N2O2. The predicted molar refractivity (Wildman–Crippen MR) is 94.0 cm³/mol. The van der Waals surface area contributed by atoms with E-state index in [-0.39, 0.29) is 24.2 Å². The number of rotatable bonds is 3. The fourth-order valence-corrected chi connectivity index (χ4v) is 3.63. The summed E-state index contributed by atoms with van der Waals surface area (Å²) in [5.74, 6) is -0.360. The molecule has 0 aromatic heterocycles. The molecule has 2 aromatic rings. The average Bonchev–Trinajstić information content (AvgIpc) is 3.21. The molecule has 1 atom stereocenters. The van der Waals surface area contributed by atoms with Crippen molar-refractivity contribution in [3.8, 4) is 0 Å². The van der Waals surface area contributed by atoms with Gasteiger partial charge in [0.2, 0.25) is 11.8 Å². The Kier molecular flexibility index (Phi) is 3.81. The van der Waals surface area contributed by atoms with Gasteiger partial charge in [0.15, 0.2) is 0 Å². The summed E-state index contributed by atoms with van der Waals surface area (Å²) < 4.78 is 0. The van der Waals surface area contributed by atoms with Crippen molar-refractivity contribution < 1.29 is 9.59 Å². The molecule has 2 aromatic carbocycles. The van der Waals surface area contributed by atoms with Gasteiger partial charge in [-0.1, -0.05) is 24.3 Å². The molecule has 1 saturated heterocycles. The summed E-state index contributed by atoms with van der Waals surface area (Å²) in [6.07, 6.45) is 3.68. The second kappa shape index (κ2) is 6.11. The molecule has 2 amide bonds. The van der Waals surface area contributed by atoms with Crippen LogP contribution < -0.4 is 10.2 Å². The van der Waals surface area contributed by atoms with E-state index in [4.69, 9.17) is 0 Å². The third kappa shape index (κ3) is 2.80. The van der Waals surface area contributed by atoms with E-state index >= 15 is 0 Å². The lowest BCUT2D eigenvalue weighted by atomic mass is 10.1. The fourth-order valence-electron chi connectivity index (χ4n) is 3.63. The first-order valence-electron chi connectivity index (χ1n) is 8.49. The predicted octanol–water partition coefficient (Wildman–Crippen LogP) is 3.17. The smallest absolute Gasteiger partial charge is 0.229 e. The molecule has 4 rings (SSSR count). The maximum atomic E-state index is 12.5. The summed E-state index contributed by atoms with van der Waals surface area (Å²) >= 11 is 0. The molecule has 0 bridgehead atoms. The van der Waals surface area contributed by atoms with Gasteiger partial charge >= 0.3 is 0 Å². The number of amides is 2. The van der Waals surface area contributed by atoms with Gasteiger partial charge in [-0.3, -0.25) is 9.59 Å². The van der Waals surface area contributed by atoms with E-state index in [1.165, 1.54) is 17.5 Å². The Balaban J connectivity index is 1.45. The lowest BCUT2D eigenvalue weighted by Crippen LogP contribution is -2.28. The third-order valence-corrected chi connectivity index (χ3v) is 4.93. The monoisotopic (exact) mass is 320 g/mol. The first kappa shape index (κ1) is 14.9. The topological polar surface area (TPSA) is 49.4 Å². The van der Waals surface area contributed by atoms with Crippen molar-refractivity contribution in [1.82, 2.24) is 0 Å². The van der Waals surface area contributed by atoms with Crippen LogP contribution in [0, 0.1) is 5.92 Å². The van der Waals surface area contributed by atoms with Gasteiger partial charge in [-0.25, -0.2) is 0 Å². The second-order valence-corrected chi connectivity index (χ2v) is 6.57. The lowest BCUT2D eigenvalue weighted by molar-refractivity contribution is -0.122. The molecule has 0 radical (unpaired) electrons. The van der Waals surface area contributed by atoms with Gasteiger partial charge in [0.05, 0.1) is 5.92 Å². The molecule has 1 heterocycles. The van der Waals surface area contributed by atoms with Crippen molar-refractivity contribution in [1.29, 1.82) is 0 Å². The Morgan fingerprint density at radius 3 is 2.67 bits per heavy atom. The molecule has 0 spiro atoms. The van der Waals surface area contributed by atoms with Crippen LogP contribution in [0.4, 0.5) is 11.4 Å². The van der Waals surface area contributed by atoms with Gasteiger partial charge < -0.3 is 10.2 Å². The minimum absolute atomic E-state index is 0.00954. The number of carbonyl (C=O) groups is 2. The number of nitrogens with one attached hydrogen (secondary N) is 1. The normalized spacial score (nSPS) is 19.4. The Morgan fingerprint density at radius 1 is 1.04 bits per heavy atom. The number of aryl methyl sites for hydroxylation is 2. The number of para-hydroxylation sites is 1. The van der Waals surface area contributed by atoms with Crippen LogP contribution in [0.2, 0.25) is 0 Å². The van der Waals surface area contributed by atoms with Crippen molar-refractivity contribution in [2.45, 2.75) is 25.7 Å². The van der Waals surface area contributed by atoms with Gasteiger partial charge in [0.1, 0.15) is 0 Å². The lowest BCUT2D eigenvalue weighted by Gasteiger charge is -2.16.